The summed E-state index contributed by atoms with van der Waals surface area (Å²) < 4.78 is 58.2. The molecular formula is C10H6F4. The quantitative estimate of drug-likeness (QED) is 0.614. The Bertz CT molecular complexity index is 422. The van der Waals surface area contributed by atoms with Crippen LogP contribution in [0.3, 0.4) is 0 Å². The number of alkyl halides is 4. The number of rotatable bonds is 1. The molecular weight excluding hydrogens is 196 g/mol. The molecule has 0 nitrogen and oxygen atoms in total. The summed E-state index contributed by atoms with van der Waals surface area (Å²) in [5.41, 5.74) is -0.911. The zero-order valence-corrected chi connectivity index (χ0v) is 6.90. The fraction of sp³-hybridized carbons (Fsp3) is 0.200. The van der Waals surface area contributed by atoms with Crippen LogP contribution in [0.2, 0.25) is 0 Å². The third-order valence-corrected chi connectivity index (χ3v) is 2.05. The first-order valence-electron chi connectivity index (χ1n) is 4.42. The zero-order chi connectivity index (χ0) is 11.3. The van der Waals surface area contributed by atoms with E-state index in [1.165, 1.54) is 24.3 Å². The Kier molecular flexibility index (Phi) is 1.48. The van der Waals surface area contributed by atoms with Crippen molar-refractivity contribution in [3.63, 3.8) is 0 Å². The number of hydrogen-bond donors (Lipinski definition) is 0. The molecule has 0 unspecified atom stereocenters. The third kappa shape index (κ3) is 1.06. The summed E-state index contributed by atoms with van der Waals surface area (Å²) >= 11 is 0. The van der Waals surface area contributed by atoms with E-state index in [2.05, 4.69) is 0 Å². The summed E-state index contributed by atoms with van der Waals surface area (Å²) in [7, 11) is 0. The van der Waals surface area contributed by atoms with Crippen LogP contribution in [0.1, 0.15) is 6.93 Å². The van der Waals surface area contributed by atoms with Gasteiger partial charge in [-0.3, -0.25) is 0 Å². The van der Waals surface area contributed by atoms with Crippen LogP contribution in [0.4, 0.5) is 17.6 Å². The molecule has 0 aliphatic heterocycles. The topological polar surface area (TPSA) is 0 Å². The van der Waals surface area contributed by atoms with Crippen molar-refractivity contribution in [3.05, 3.63) is 41.9 Å². The van der Waals surface area contributed by atoms with E-state index in [1.807, 2.05) is 0 Å². The SMILES string of the molecule is [2H]C1=C(c2ccccc2)C(F)(F)C1(F)F. The summed E-state index contributed by atoms with van der Waals surface area (Å²) in [5.74, 6) is -8.57. The van der Waals surface area contributed by atoms with E-state index in [9.17, 15) is 17.6 Å². The molecule has 0 N–H and O–H groups in total. The van der Waals surface area contributed by atoms with Crippen LogP contribution in [-0.2, 0) is 0 Å². The van der Waals surface area contributed by atoms with E-state index in [1.54, 1.807) is 6.07 Å². The normalized spacial score (nSPS) is 24.1. The molecule has 0 bridgehead atoms. The Balaban J connectivity index is 2.54. The minimum Gasteiger partial charge on any atom is -0.195 e. The van der Waals surface area contributed by atoms with Gasteiger partial charge in [-0.05, 0) is 5.56 Å². The first-order valence-corrected chi connectivity index (χ1v) is 3.92. The van der Waals surface area contributed by atoms with Crippen molar-refractivity contribution < 1.29 is 18.9 Å². The maximum Gasteiger partial charge on any atom is 0.339 e. The minimum absolute atomic E-state index is 0.0292. The van der Waals surface area contributed by atoms with E-state index < -0.39 is 23.5 Å². The van der Waals surface area contributed by atoms with Gasteiger partial charge >= 0.3 is 11.8 Å². The average Bonchev–Trinajstić information content (AvgIpc) is 2.19. The smallest absolute Gasteiger partial charge is 0.195 e. The highest BCUT2D eigenvalue weighted by Gasteiger charge is 2.65. The second kappa shape index (κ2) is 2.59. The Morgan fingerprint density at radius 2 is 1.57 bits per heavy atom. The molecule has 2 rings (SSSR count). The molecule has 1 aliphatic carbocycles. The van der Waals surface area contributed by atoms with Crippen molar-refractivity contribution in [1.29, 1.82) is 0 Å². The lowest BCUT2D eigenvalue weighted by atomic mass is 9.84. The average molecular weight is 203 g/mol. The van der Waals surface area contributed by atoms with Crippen LogP contribution in [0.5, 0.6) is 0 Å². The van der Waals surface area contributed by atoms with E-state index in [0.717, 1.165) is 0 Å². The molecule has 4 heteroatoms. The predicted molar refractivity (Wildman–Crippen MR) is 44.3 cm³/mol. The molecule has 0 fully saturated rings. The molecule has 1 aliphatic rings. The summed E-state index contributed by atoms with van der Waals surface area (Å²) in [6, 6.07) is 5.78. The van der Waals surface area contributed by atoms with Crippen LogP contribution in [-0.4, -0.2) is 11.8 Å². The van der Waals surface area contributed by atoms with Crippen LogP contribution in [0, 0.1) is 0 Å². The highest BCUT2D eigenvalue weighted by atomic mass is 19.3. The molecule has 0 amide bonds. The molecule has 0 saturated carbocycles. The Morgan fingerprint density at radius 1 is 1.00 bits per heavy atom. The summed E-state index contributed by atoms with van der Waals surface area (Å²) in [6.07, 6.45) is 0. The first kappa shape index (κ1) is 8.03. The van der Waals surface area contributed by atoms with Crippen molar-refractivity contribution in [2.45, 2.75) is 11.8 Å². The number of benzene rings is 1. The Hall–Kier alpha value is -1.32. The van der Waals surface area contributed by atoms with Gasteiger partial charge in [-0.15, -0.1) is 0 Å². The van der Waals surface area contributed by atoms with Crippen LogP contribution in [0.25, 0.3) is 5.57 Å². The number of halogens is 4. The molecule has 0 saturated heterocycles. The van der Waals surface area contributed by atoms with Gasteiger partial charge in [-0.1, -0.05) is 30.3 Å². The molecule has 1 aromatic rings. The minimum atomic E-state index is -4.34. The van der Waals surface area contributed by atoms with Crippen LogP contribution >= 0.6 is 0 Å². The van der Waals surface area contributed by atoms with E-state index in [0.29, 0.717) is 0 Å². The third-order valence-electron chi connectivity index (χ3n) is 2.05. The maximum atomic E-state index is 13.0. The van der Waals surface area contributed by atoms with Crippen molar-refractivity contribution >= 4 is 5.57 Å². The van der Waals surface area contributed by atoms with Crippen molar-refractivity contribution in [3.8, 4) is 0 Å². The van der Waals surface area contributed by atoms with Gasteiger partial charge in [0.1, 0.15) is 0 Å². The second-order valence-electron chi connectivity index (χ2n) is 3.01. The molecule has 1 aromatic carbocycles. The van der Waals surface area contributed by atoms with Gasteiger partial charge in [0.2, 0.25) is 0 Å². The Morgan fingerprint density at radius 3 is 2.07 bits per heavy atom. The summed E-state index contributed by atoms with van der Waals surface area (Å²) in [5, 5.41) is 0. The standard InChI is InChI=1S/C10H6F4/c11-9(12)6-8(10(9,13)14)7-4-2-1-3-5-7/h1-6H/i6D. The van der Waals surface area contributed by atoms with Gasteiger partial charge in [0.15, 0.2) is 0 Å². The number of allylic oxidation sites excluding steroid dienone is 2. The van der Waals surface area contributed by atoms with Crippen LogP contribution in [0.15, 0.2) is 36.4 Å². The van der Waals surface area contributed by atoms with Gasteiger partial charge in [0.05, 0.1) is 1.37 Å². The van der Waals surface area contributed by atoms with Gasteiger partial charge in [-0.2, -0.15) is 17.6 Å². The van der Waals surface area contributed by atoms with Gasteiger partial charge in [0.25, 0.3) is 0 Å². The number of hydrogen-bond acceptors (Lipinski definition) is 0. The van der Waals surface area contributed by atoms with Crippen LogP contribution < -0.4 is 0 Å². The highest BCUT2D eigenvalue weighted by Crippen LogP contribution is 2.54. The molecule has 74 valence electrons. The van der Waals surface area contributed by atoms with Crippen molar-refractivity contribution in [2.24, 2.45) is 0 Å². The lowest BCUT2D eigenvalue weighted by Gasteiger charge is -2.35. The zero-order valence-electron chi connectivity index (χ0n) is 7.90. The fourth-order valence-electron chi connectivity index (χ4n) is 1.27. The summed E-state index contributed by atoms with van der Waals surface area (Å²) in [6.45, 7) is 0. The predicted octanol–water partition coefficient (Wildman–Crippen LogP) is 3.35. The molecule has 0 heterocycles. The van der Waals surface area contributed by atoms with Gasteiger partial charge in [-0.25, -0.2) is 0 Å². The van der Waals surface area contributed by atoms with E-state index in [-0.39, 0.29) is 5.56 Å². The molecule has 0 spiro atoms. The monoisotopic (exact) mass is 203 g/mol. The van der Waals surface area contributed by atoms with E-state index >= 15 is 0 Å². The van der Waals surface area contributed by atoms with Crippen molar-refractivity contribution in [1.82, 2.24) is 0 Å². The first-order chi connectivity index (χ1) is 6.89. The van der Waals surface area contributed by atoms with Gasteiger partial charge in [0, 0.05) is 11.6 Å². The molecule has 0 radical (unpaired) electrons. The maximum absolute atomic E-state index is 13.0. The second-order valence-corrected chi connectivity index (χ2v) is 3.01. The van der Waals surface area contributed by atoms with Crippen molar-refractivity contribution in [2.75, 3.05) is 0 Å². The fourth-order valence-corrected chi connectivity index (χ4v) is 1.27. The van der Waals surface area contributed by atoms with Gasteiger partial charge < -0.3 is 0 Å². The lowest BCUT2D eigenvalue weighted by Crippen LogP contribution is -2.48. The summed E-state index contributed by atoms with van der Waals surface area (Å²) in [4.78, 5) is 0. The van der Waals surface area contributed by atoms with E-state index in [4.69, 9.17) is 1.37 Å². The largest absolute Gasteiger partial charge is 0.339 e. The lowest BCUT2D eigenvalue weighted by molar-refractivity contribution is -0.159. The molecule has 0 atom stereocenters. The highest BCUT2D eigenvalue weighted by molar-refractivity contribution is 5.79. The Labute approximate surface area is 79.3 Å². The molecule has 14 heavy (non-hydrogen) atoms. The molecule has 0 aromatic heterocycles.